The molecule has 2 rings (SSSR count). The molecule has 3 heteroatoms. The molecule has 0 spiro atoms. The number of aryl methyl sites for hydroxylation is 1. The van der Waals surface area contributed by atoms with Crippen LogP contribution in [0.3, 0.4) is 0 Å². The Bertz CT molecular complexity index is 926. The van der Waals surface area contributed by atoms with Crippen LogP contribution >= 0.6 is 0 Å². The van der Waals surface area contributed by atoms with Crippen molar-refractivity contribution >= 4 is 5.97 Å². The molecule has 0 saturated heterocycles. The second-order valence-electron chi connectivity index (χ2n) is 10.3. The second-order valence-corrected chi connectivity index (χ2v) is 10.3. The Labute approximate surface area is 181 Å². The lowest BCUT2D eigenvalue weighted by Gasteiger charge is -2.26. The first-order valence-corrected chi connectivity index (χ1v) is 10.5. The van der Waals surface area contributed by atoms with Gasteiger partial charge in [-0.3, -0.25) is 0 Å². The standard InChI is InChI=1S/C27H36O3/c1-17-14-20(16-21(15-17)26(4,5)6)24(28)18(2)19(3)25(29)30-23-13-11-10-12-22(23)27(7,8)9/h10-16,18,24,28H,3H2,1-2,4-9H3. The van der Waals surface area contributed by atoms with Crippen molar-refractivity contribution in [1.82, 2.24) is 0 Å². The molecule has 0 saturated carbocycles. The van der Waals surface area contributed by atoms with E-state index in [4.69, 9.17) is 4.74 Å². The molecule has 2 unspecified atom stereocenters. The third kappa shape index (κ3) is 5.60. The zero-order chi connectivity index (χ0) is 22.9. The lowest BCUT2D eigenvalue weighted by Crippen LogP contribution is -2.23. The van der Waals surface area contributed by atoms with Gasteiger partial charge >= 0.3 is 5.97 Å². The summed E-state index contributed by atoms with van der Waals surface area (Å²) in [7, 11) is 0. The molecule has 0 bridgehead atoms. The molecule has 0 amide bonds. The number of aliphatic hydroxyl groups excluding tert-OH is 1. The van der Waals surface area contributed by atoms with E-state index in [9.17, 15) is 9.90 Å². The number of aliphatic hydroxyl groups is 1. The zero-order valence-corrected chi connectivity index (χ0v) is 19.7. The molecule has 2 aromatic rings. The van der Waals surface area contributed by atoms with E-state index in [0.29, 0.717) is 5.75 Å². The van der Waals surface area contributed by atoms with E-state index < -0.39 is 18.0 Å². The fourth-order valence-electron chi connectivity index (χ4n) is 3.42. The van der Waals surface area contributed by atoms with E-state index in [1.54, 1.807) is 6.07 Å². The van der Waals surface area contributed by atoms with Gasteiger partial charge in [0, 0.05) is 17.1 Å². The van der Waals surface area contributed by atoms with Crippen LogP contribution in [0.4, 0.5) is 0 Å². The van der Waals surface area contributed by atoms with Gasteiger partial charge in [0.05, 0.1) is 6.10 Å². The molecule has 3 nitrogen and oxygen atoms in total. The summed E-state index contributed by atoms with van der Waals surface area (Å²) < 4.78 is 5.69. The summed E-state index contributed by atoms with van der Waals surface area (Å²) in [6, 6.07) is 13.6. The molecule has 30 heavy (non-hydrogen) atoms. The first-order valence-electron chi connectivity index (χ1n) is 10.5. The van der Waals surface area contributed by atoms with Crippen molar-refractivity contribution in [3.63, 3.8) is 0 Å². The van der Waals surface area contributed by atoms with Gasteiger partial charge < -0.3 is 9.84 Å². The number of hydrogen-bond donors (Lipinski definition) is 1. The molecule has 0 radical (unpaired) electrons. The Morgan fingerprint density at radius 2 is 1.60 bits per heavy atom. The van der Waals surface area contributed by atoms with Gasteiger partial charge in [-0.25, -0.2) is 4.79 Å². The molecule has 2 aromatic carbocycles. The summed E-state index contributed by atoms with van der Waals surface area (Å²) in [6.07, 6.45) is -0.844. The first-order chi connectivity index (χ1) is 13.7. The highest BCUT2D eigenvalue weighted by Crippen LogP contribution is 2.34. The molecule has 0 aliphatic carbocycles. The van der Waals surface area contributed by atoms with Crippen LogP contribution < -0.4 is 4.74 Å². The normalized spacial score (nSPS) is 14.2. The van der Waals surface area contributed by atoms with Crippen LogP contribution in [0.2, 0.25) is 0 Å². The molecule has 0 aromatic heterocycles. The molecule has 0 aliphatic rings. The summed E-state index contributed by atoms with van der Waals surface area (Å²) in [5.74, 6) is -0.459. The van der Waals surface area contributed by atoms with Crippen LogP contribution in [0.1, 0.15) is 76.8 Å². The third-order valence-corrected chi connectivity index (χ3v) is 5.49. The van der Waals surface area contributed by atoms with Crippen molar-refractivity contribution in [2.45, 2.75) is 72.3 Å². The molecule has 2 atom stereocenters. The van der Waals surface area contributed by atoms with E-state index >= 15 is 0 Å². The second kappa shape index (κ2) is 8.77. The molecule has 162 valence electrons. The fourth-order valence-corrected chi connectivity index (χ4v) is 3.42. The van der Waals surface area contributed by atoms with E-state index in [2.05, 4.69) is 54.2 Å². The molecule has 0 heterocycles. The number of rotatable bonds is 5. The Morgan fingerprint density at radius 1 is 1.00 bits per heavy atom. The number of para-hydroxylation sites is 1. The van der Waals surface area contributed by atoms with Gasteiger partial charge in [0.25, 0.3) is 0 Å². The highest BCUT2D eigenvalue weighted by atomic mass is 16.5. The van der Waals surface area contributed by atoms with Crippen molar-refractivity contribution in [3.8, 4) is 5.75 Å². The fraction of sp³-hybridized carbons (Fsp3) is 0.444. The minimum Gasteiger partial charge on any atom is -0.423 e. The van der Waals surface area contributed by atoms with Gasteiger partial charge in [0.15, 0.2) is 0 Å². The number of hydrogen-bond acceptors (Lipinski definition) is 3. The van der Waals surface area contributed by atoms with Crippen molar-refractivity contribution in [3.05, 3.63) is 76.9 Å². The highest BCUT2D eigenvalue weighted by Gasteiger charge is 2.28. The Morgan fingerprint density at radius 3 is 2.17 bits per heavy atom. The average molecular weight is 409 g/mol. The average Bonchev–Trinajstić information content (AvgIpc) is 2.64. The van der Waals surface area contributed by atoms with Gasteiger partial charge in [0.1, 0.15) is 5.75 Å². The van der Waals surface area contributed by atoms with Gasteiger partial charge in [-0.05, 0) is 34.9 Å². The monoisotopic (exact) mass is 408 g/mol. The highest BCUT2D eigenvalue weighted by molar-refractivity contribution is 5.90. The maximum atomic E-state index is 12.8. The van der Waals surface area contributed by atoms with Crippen molar-refractivity contribution in [2.75, 3.05) is 0 Å². The quantitative estimate of drug-likeness (QED) is 0.353. The molecular weight excluding hydrogens is 372 g/mol. The van der Waals surface area contributed by atoms with Crippen LogP contribution in [0, 0.1) is 12.8 Å². The van der Waals surface area contributed by atoms with Crippen LogP contribution in [0.5, 0.6) is 5.75 Å². The maximum Gasteiger partial charge on any atom is 0.339 e. The van der Waals surface area contributed by atoms with Crippen LogP contribution in [-0.4, -0.2) is 11.1 Å². The number of benzene rings is 2. The van der Waals surface area contributed by atoms with Gasteiger partial charge in [-0.1, -0.05) is 97.0 Å². The van der Waals surface area contributed by atoms with Crippen molar-refractivity contribution in [1.29, 1.82) is 0 Å². The van der Waals surface area contributed by atoms with Crippen LogP contribution in [0.15, 0.2) is 54.6 Å². The maximum absolute atomic E-state index is 12.8. The largest absolute Gasteiger partial charge is 0.423 e. The summed E-state index contributed by atoms with van der Waals surface area (Å²) >= 11 is 0. The number of esters is 1. The SMILES string of the molecule is C=C(C(=O)Oc1ccccc1C(C)(C)C)C(C)C(O)c1cc(C)cc(C(C)(C)C)c1. The summed E-state index contributed by atoms with van der Waals surface area (Å²) in [4.78, 5) is 12.8. The Kier molecular flexibility index (Phi) is 6.98. The molecule has 0 fully saturated rings. The van der Waals surface area contributed by atoms with E-state index in [0.717, 1.165) is 22.3 Å². The lowest BCUT2D eigenvalue weighted by atomic mass is 9.82. The van der Waals surface area contributed by atoms with Gasteiger partial charge in [-0.2, -0.15) is 0 Å². The third-order valence-electron chi connectivity index (χ3n) is 5.49. The minimum atomic E-state index is -0.844. The molecule has 1 N–H and O–H groups in total. The topological polar surface area (TPSA) is 46.5 Å². The van der Waals surface area contributed by atoms with E-state index in [1.165, 1.54) is 0 Å². The minimum absolute atomic E-state index is 0.0314. The lowest BCUT2D eigenvalue weighted by molar-refractivity contribution is -0.131. The van der Waals surface area contributed by atoms with Crippen molar-refractivity contribution in [2.24, 2.45) is 5.92 Å². The van der Waals surface area contributed by atoms with E-state index in [-0.39, 0.29) is 16.4 Å². The van der Waals surface area contributed by atoms with Crippen molar-refractivity contribution < 1.29 is 14.6 Å². The summed E-state index contributed by atoms with van der Waals surface area (Å²) in [5, 5.41) is 11.0. The number of carbonyl (C=O) groups is 1. The van der Waals surface area contributed by atoms with Crippen LogP contribution in [-0.2, 0) is 15.6 Å². The summed E-state index contributed by atoms with van der Waals surface area (Å²) in [5.41, 5.74) is 4.03. The smallest absolute Gasteiger partial charge is 0.339 e. The van der Waals surface area contributed by atoms with Gasteiger partial charge in [-0.15, -0.1) is 0 Å². The Hall–Kier alpha value is -2.39. The van der Waals surface area contributed by atoms with Gasteiger partial charge in [0.2, 0.25) is 0 Å². The summed E-state index contributed by atoms with van der Waals surface area (Å²) in [6.45, 7) is 20.4. The predicted octanol–water partition coefficient (Wildman–Crippen LogP) is 6.42. The van der Waals surface area contributed by atoms with E-state index in [1.807, 2.05) is 44.2 Å². The zero-order valence-electron chi connectivity index (χ0n) is 19.7. The Balaban J connectivity index is 2.24. The molecular formula is C27H36O3. The first kappa shape index (κ1) is 23.9. The number of carbonyl (C=O) groups excluding carboxylic acids is 1. The molecule has 0 aliphatic heterocycles. The number of ether oxygens (including phenoxy) is 1. The van der Waals surface area contributed by atoms with Crippen LogP contribution in [0.25, 0.3) is 0 Å². The predicted molar refractivity (Wildman–Crippen MR) is 124 cm³/mol.